The highest BCUT2D eigenvalue weighted by atomic mass is 35.5. The van der Waals surface area contributed by atoms with Gasteiger partial charge in [-0.1, -0.05) is 11.6 Å². The van der Waals surface area contributed by atoms with Crippen LogP contribution in [0.1, 0.15) is 12.5 Å². The lowest BCUT2D eigenvalue weighted by molar-refractivity contribution is 0.338. The summed E-state index contributed by atoms with van der Waals surface area (Å²) in [5.74, 6) is 0.965. The van der Waals surface area contributed by atoms with Gasteiger partial charge in [-0.05, 0) is 6.92 Å². The van der Waals surface area contributed by atoms with E-state index in [1.54, 1.807) is 12.1 Å². The zero-order chi connectivity index (χ0) is 10.6. The van der Waals surface area contributed by atoms with Crippen LogP contribution in [0.15, 0.2) is 12.1 Å². The minimum Gasteiger partial charge on any atom is -0.497 e. The van der Waals surface area contributed by atoms with Crippen molar-refractivity contribution in [3.05, 3.63) is 22.7 Å². The third-order valence-electron chi connectivity index (χ3n) is 1.66. The van der Waals surface area contributed by atoms with Gasteiger partial charge >= 0.3 is 0 Å². The first-order valence-electron chi connectivity index (χ1n) is 4.13. The van der Waals surface area contributed by atoms with E-state index in [1.807, 2.05) is 13.0 Å². The van der Waals surface area contributed by atoms with E-state index in [0.29, 0.717) is 28.7 Å². The van der Waals surface area contributed by atoms with Crippen molar-refractivity contribution in [1.29, 1.82) is 5.26 Å². The van der Waals surface area contributed by atoms with Crippen LogP contribution in [0.3, 0.4) is 0 Å². The van der Waals surface area contributed by atoms with E-state index >= 15 is 0 Å². The molecule has 0 radical (unpaired) electrons. The molecule has 0 amide bonds. The molecule has 0 bridgehead atoms. The second-order valence-electron chi connectivity index (χ2n) is 2.53. The topological polar surface area (TPSA) is 42.2 Å². The highest BCUT2D eigenvalue weighted by Crippen LogP contribution is 2.32. The molecule has 1 rings (SSSR count). The van der Waals surface area contributed by atoms with Gasteiger partial charge in [-0.15, -0.1) is 0 Å². The number of benzene rings is 1. The zero-order valence-corrected chi connectivity index (χ0v) is 8.76. The summed E-state index contributed by atoms with van der Waals surface area (Å²) in [4.78, 5) is 0. The van der Waals surface area contributed by atoms with Crippen molar-refractivity contribution in [3.63, 3.8) is 0 Å². The highest BCUT2D eigenvalue weighted by molar-refractivity contribution is 6.32. The van der Waals surface area contributed by atoms with E-state index in [0.717, 1.165) is 0 Å². The Morgan fingerprint density at radius 3 is 2.71 bits per heavy atom. The molecule has 0 heterocycles. The number of nitriles is 1. The summed E-state index contributed by atoms with van der Waals surface area (Å²) >= 11 is 5.91. The van der Waals surface area contributed by atoms with Crippen molar-refractivity contribution < 1.29 is 9.47 Å². The fourth-order valence-corrected chi connectivity index (χ4v) is 1.32. The lowest BCUT2D eigenvalue weighted by Crippen LogP contribution is -1.96. The predicted molar refractivity (Wildman–Crippen MR) is 53.9 cm³/mol. The van der Waals surface area contributed by atoms with E-state index in [-0.39, 0.29) is 0 Å². The molecule has 0 spiro atoms. The number of methoxy groups -OCH3 is 1. The second kappa shape index (κ2) is 4.73. The molecule has 14 heavy (non-hydrogen) atoms. The minimum absolute atomic E-state index is 0.385. The summed E-state index contributed by atoms with van der Waals surface area (Å²) in [5.41, 5.74) is 0.385. The molecule has 0 fully saturated rings. The maximum absolute atomic E-state index is 8.85. The first kappa shape index (κ1) is 10.7. The van der Waals surface area contributed by atoms with E-state index in [2.05, 4.69) is 0 Å². The second-order valence-corrected chi connectivity index (χ2v) is 2.94. The molecular weight excluding hydrogens is 202 g/mol. The third-order valence-corrected chi connectivity index (χ3v) is 1.94. The van der Waals surface area contributed by atoms with Crippen molar-refractivity contribution in [2.75, 3.05) is 13.7 Å². The molecule has 0 N–H and O–H groups in total. The van der Waals surface area contributed by atoms with Gasteiger partial charge in [0.05, 0.1) is 24.3 Å². The Balaban J connectivity index is 3.22. The first-order chi connectivity index (χ1) is 6.72. The molecule has 0 aliphatic rings. The molecule has 1 aromatic rings. The van der Waals surface area contributed by atoms with Crippen LogP contribution in [-0.2, 0) is 0 Å². The normalized spacial score (nSPS) is 9.29. The lowest BCUT2D eigenvalue weighted by atomic mass is 10.2. The summed E-state index contributed by atoms with van der Waals surface area (Å²) in [7, 11) is 1.52. The highest BCUT2D eigenvalue weighted by Gasteiger charge is 2.10. The van der Waals surface area contributed by atoms with Crippen molar-refractivity contribution in [2.45, 2.75) is 6.92 Å². The van der Waals surface area contributed by atoms with Crippen LogP contribution in [0, 0.1) is 11.3 Å². The van der Waals surface area contributed by atoms with Crippen LogP contribution in [0.5, 0.6) is 11.5 Å². The van der Waals surface area contributed by atoms with Gasteiger partial charge in [0.15, 0.2) is 5.75 Å². The summed E-state index contributed by atoms with van der Waals surface area (Å²) in [5, 5.41) is 9.24. The largest absolute Gasteiger partial charge is 0.497 e. The quantitative estimate of drug-likeness (QED) is 0.772. The molecule has 1 aromatic carbocycles. The van der Waals surface area contributed by atoms with Crippen LogP contribution in [0.25, 0.3) is 0 Å². The SMILES string of the molecule is CCOc1c(Cl)cc(OC)cc1C#N. The van der Waals surface area contributed by atoms with Gasteiger partial charge in [-0.3, -0.25) is 0 Å². The Morgan fingerprint density at radius 1 is 1.50 bits per heavy atom. The van der Waals surface area contributed by atoms with Crippen LogP contribution in [0.2, 0.25) is 5.02 Å². The third kappa shape index (κ3) is 2.09. The van der Waals surface area contributed by atoms with Crippen molar-refractivity contribution >= 4 is 11.6 Å². The van der Waals surface area contributed by atoms with Crippen molar-refractivity contribution in [1.82, 2.24) is 0 Å². The standard InChI is InChI=1S/C10H10ClNO2/c1-3-14-10-7(6-12)4-8(13-2)5-9(10)11/h4-5H,3H2,1-2H3. The number of nitrogens with zero attached hydrogens (tertiary/aromatic N) is 1. The van der Waals surface area contributed by atoms with Crippen LogP contribution in [0.4, 0.5) is 0 Å². The summed E-state index contributed by atoms with van der Waals surface area (Å²) in [6.45, 7) is 2.31. The lowest BCUT2D eigenvalue weighted by Gasteiger charge is -2.09. The fourth-order valence-electron chi connectivity index (χ4n) is 1.06. The van der Waals surface area contributed by atoms with E-state index < -0.39 is 0 Å². The van der Waals surface area contributed by atoms with Gasteiger partial charge in [-0.25, -0.2) is 0 Å². The Labute approximate surface area is 87.8 Å². The van der Waals surface area contributed by atoms with Crippen molar-refractivity contribution in [2.24, 2.45) is 0 Å². The molecule has 3 nitrogen and oxygen atoms in total. The zero-order valence-electron chi connectivity index (χ0n) is 8.00. The molecule has 4 heteroatoms. The molecular formula is C10H10ClNO2. The van der Waals surface area contributed by atoms with E-state index in [4.69, 9.17) is 26.3 Å². The predicted octanol–water partition coefficient (Wildman–Crippen LogP) is 2.62. The first-order valence-corrected chi connectivity index (χ1v) is 4.51. The summed E-state index contributed by atoms with van der Waals surface area (Å²) in [6.07, 6.45) is 0. The molecule has 0 aliphatic carbocycles. The Kier molecular flexibility index (Phi) is 3.61. The average molecular weight is 212 g/mol. The van der Waals surface area contributed by atoms with Gasteiger partial charge in [0.1, 0.15) is 11.8 Å². The molecule has 0 saturated heterocycles. The summed E-state index contributed by atoms with van der Waals surface area (Å²) in [6, 6.07) is 5.22. The number of halogens is 1. The van der Waals surface area contributed by atoms with E-state index in [1.165, 1.54) is 7.11 Å². The van der Waals surface area contributed by atoms with E-state index in [9.17, 15) is 0 Å². The fraction of sp³-hybridized carbons (Fsp3) is 0.300. The van der Waals surface area contributed by atoms with Crippen molar-refractivity contribution in [3.8, 4) is 17.6 Å². The number of hydrogen-bond donors (Lipinski definition) is 0. The average Bonchev–Trinajstić information content (AvgIpc) is 2.20. The van der Waals surface area contributed by atoms with Gasteiger partial charge < -0.3 is 9.47 Å². The number of rotatable bonds is 3. The van der Waals surface area contributed by atoms with Crippen LogP contribution in [-0.4, -0.2) is 13.7 Å². The summed E-state index contributed by atoms with van der Waals surface area (Å²) < 4.78 is 10.2. The Bertz CT molecular complexity index is 371. The molecule has 0 aliphatic heterocycles. The Hall–Kier alpha value is -1.40. The van der Waals surface area contributed by atoms with Crippen LogP contribution >= 0.6 is 11.6 Å². The molecule has 0 aromatic heterocycles. The maximum Gasteiger partial charge on any atom is 0.155 e. The number of hydrogen-bond acceptors (Lipinski definition) is 3. The number of ether oxygens (including phenoxy) is 2. The molecule has 0 unspecified atom stereocenters. The monoisotopic (exact) mass is 211 g/mol. The molecule has 0 atom stereocenters. The van der Waals surface area contributed by atoms with Gasteiger partial charge in [0, 0.05) is 12.1 Å². The molecule has 0 saturated carbocycles. The maximum atomic E-state index is 8.85. The van der Waals surface area contributed by atoms with Gasteiger partial charge in [0.25, 0.3) is 0 Å². The van der Waals surface area contributed by atoms with Gasteiger partial charge in [-0.2, -0.15) is 5.26 Å². The minimum atomic E-state index is 0.385. The molecule has 74 valence electrons. The van der Waals surface area contributed by atoms with Crippen LogP contribution < -0.4 is 9.47 Å². The smallest absolute Gasteiger partial charge is 0.155 e. The van der Waals surface area contributed by atoms with Gasteiger partial charge in [0.2, 0.25) is 0 Å². The Morgan fingerprint density at radius 2 is 2.21 bits per heavy atom.